The Balaban J connectivity index is 3.69. The van der Waals surface area contributed by atoms with Crippen molar-refractivity contribution in [3.63, 3.8) is 0 Å². The monoisotopic (exact) mass is 202 g/mol. The largest absolute Gasteiger partial charge is 0.392 e. The SMILES string of the molecule is CCC(O)CN(C)C(C)CCN(C)C. The molecule has 86 valence electrons. The maximum atomic E-state index is 9.50. The zero-order valence-corrected chi connectivity index (χ0v) is 10.3. The van der Waals surface area contributed by atoms with Crippen molar-refractivity contribution in [2.75, 3.05) is 34.2 Å². The molecule has 2 unspecified atom stereocenters. The van der Waals surface area contributed by atoms with Crippen molar-refractivity contribution in [3.8, 4) is 0 Å². The van der Waals surface area contributed by atoms with E-state index in [0.29, 0.717) is 6.04 Å². The van der Waals surface area contributed by atoms with Gasteiger partial charge in [-0.2, -0.15) is 0 Å². The van der Waals surface area contributed by atoms with Gasteiger partial charge in [0.15, 0.2) is 0 Å². The number of hydrogen-bond donors (Lipinski definition) is 1. The first-order valence-electron chi connectivity index (χ1n) is 5.50. The molecule has 0 heterocycles. The molecule has 0 bridgehead atoms. The quantitative estimate of drug-likeness (QED) is 0.668. The van der Waals surface area contributed by atoms with Crippen LogP contribution in [0.25, 0.3) is 0 Å². The summed E-state index contributed by atoms with van der Waals surface area (Å²) in [6.45, 7) is 6.12. The van der Waals surface area contributed by atoms with Crippen molar-refractivity contribution in [1.82, 2.24) is 9.80 Å². The second-order valence-corrected chi connectivity index (χ2v) is 4.44. The van der Waals surface area contributed by atoms with E-state index >= 15 is 0 Å². The van der Waals surface area contributed by atoms with Crippen molar-refractivity contribution >= 4 is 0 Å². The smallest absolute Gasteiger partial charge is 0.0664 e. The van der Waals surface area contributed by atoms with Crippen molar-refractivity contribution in [1.29, 1.82) is 0 Å². The Morgan fingerprint density at radius 3 is 2.21 bits per heavy atom. The molecule has 0 fully saturated rings. The van der Waals surface area contributed by atoms with Crippen LogP contribution in [0.4, 0.5) is 0 Å². The molecule has 14 heavy (non-hydrogen) atoms. The second-order valence-electron chi connectivity index (χ2n) is 4.44. The molecular formula is C11H26N2O. The van der Waals surface area contributed by atoms with Gasteiger partial charge in [-0.3, -0.25) is 0 Å². The Hall–Kier alpha value is -0.120. The highest BCUT2D eigenvalue weighted by atomic mass is 16.3. The fourth-order valence-electron chi connectivity index (χ4n) is 1.31. The Labute approximate surface area is 88.7 Å². The highest BCUT2D eigenvalue weighted by Crippen LogP contribution is 2.04. The van der Waals surface area contributed by atoms with Crippen LogP contribution >= 0.6 is 0 Å². The van der Waals surface area contributed by atoms with E-state index in [9.17, 15) is 5.11 Å². The Kier molecular flexibility index (Phi) is 7.15. The van der Waals surface area contributed by atoms with Crippen LogP contribution in [0.5, 0.6) is 0 Å². The molecule has 3 nitrogen and oxygen atoms in total. The van der Waals surface area contributed by atoms with E-state index in [-0.39, 0.29) is 6.10 Å². The average Bonchev–Trinajstić information content (AvgIpc) is 2.13. The molecule has 0 radical (unpaired) electrons. The third kappa shape index (κ3) is 6.35. The first-order valence-corrected chi connectivity index (χ1v) is 5.50. The van der Waals surface area contributed by atoms with Crippen LogP contribution in [0, 0.1) is 0 Å². The van der Waals surface area contributed by atoms with Gasteiger partial charge in [-0.25, -0.2) is 0 Å². The van der Waals surface area contributed by atoms with Crippen molar-refractivity contribution in [2.24, 2.45) is 0 Å². The summed E-state index contributed by atoms with van der Waals surface area (Å²) in [6, 6.07) is 0.540. The predicted octanol–water partition coefficient (Wildman–Crippen LogP) is 1.03. The molecule has 0 aliphatic heterocycles. The van der Waals surface area contributed by atoms with Gasteiger partial charge in [0.05, 0.1) is 6.10 Å². The summed E-state index contributed by atoms with van der Waals surface area (Å²) in [5, 5.41) is 9.50. The summed E-state index contributed by atoms with van der Waals surface area (Å²) >= 11 is 0. The van der Waals surface area contributed by atoms with Gasteiger partial charge in [0, 0.05) is 12.6 Å². The summed E-state index contributed by atoms with van der Waals surface area (Å²) in [5.74, 6) is 0. The zero-order chi connectivity index (χ0) is 11.1. The van der Waals surface area contributed by atoms with Gasteiger partial charge in [-0.1, -0.05) is 6.92 Å². The summed E-state index contributed by atoms with van der Waals surface area (Å²) in [6.07, 6.45) is 1.81. The lowest BCUT2D eigenvalue weighted by Crippen LogP contribution is -2.37. The minimum atomic E-state index is -0.179. The highest BCUT2D eigenvalue weighted by Gasteiger charge is 2.12. The van der Waals surface area contributed by atoms with Gasteiger partial charge < -0.3 is 14.9 Å². The van der Waals surface area contributed by atoms with Gasteiger partial charge in [0.25, 0.3) is 0 Å². The molecule has 0 aromatic rings. The first-order chi connectivity index (χ1) is 6.47. The topological polar surface area (TPSA) is 26.7 Å². The summed E-state index contributed by atoms with van der Waals surface area (Å²) in [7, 11) is 6.26. The standard InChI is InChI=1S/C11H26N2O/c1-6-11(14)9-13(5)10(2)7-8-12(3)4/h10-11,14H,6-9H2,1-5H3. The third-order valence-corrected chi connectivity index (χ3v) is 2.72. The summed E-state index contributed by atoms with van der Waals surface area (Å²) < 4.78 is 0. The molecule has 2 atom stereocenters. The van der Waals surface area contributed by atoms with Gasteiger partial charge in [-0.15, -0.1) is 0 Å². The summed E-state index contributed by atoms with van der Waals surface area (Å²) in [5.41, 5.74) is 0. The second kappa shape index (κ2) is 7.21. The van der Waals surface area contributed by atoms with Gasteiger partial charge in [0.1, 0.15) is 0 Å². The molecule has 0 rings (SSSR count). The number of likely N-dealkylation sites (N-methyl/N-ethyl adjacent to an activating group) is 1. The molecule has 0 aromatic carbocycles. The van der Waals surface area contributed by atoms with Crippen molar-refractivity contribution < 1.29 is 5.11 Å². The zero-order valence-electron chi connectivity index (χ0n) is 10.3. The normalized spacial score (nSPS) is 16.3. The molecule has 1 N–H and O–H groups in total. The van der Waals surface area contributed by atoms with E-state index in [1.54, 1.807) is 0 Å². The lowest BCUT2D eigenvalue weighted by Gasteiger charge is -2.27. The molecular weight excluding hydrogens is 176 g/mol. The van der Waals surface area contributed by atoms with Crippen LogP contribution in [0.15, 0.2) is 0 Å². The molecule has 0 aliphatic carbocycles. The maximum absolute atomic E-state index is 9.50. The van der Waals surface area contributed by atoms with Crippen LogP contribution in [0.2, 0.25) is 0 Å². The van der Waals surface area contributed by atoms with Crippen molar-refractivity contribution in [3.05, 3.63) is 0 Å². The minimum Gasteiger partial charge on any atom is -0.392 e. The molecule has 3 heteroatoms. The minimum absolute atomic E-state index is 0.179. The van der Waals surface area contributed by atoms with E-state index in [2.05, 4.69) is 37.9 Å². The molecule has 0 amide bonds. The first kappa shape index (κ1) is 13.9. The Morgan fingerprint density at radius 1 is 1.21 bits per heavy atom. The molecule has 0 saturated carbocycles. The highest BCUT2D eigenvalue weighted by molar-refractivity contribution is 4.67. The molecule has 0 saturated heterocycles. The van der Waals surface area contributed by atoms with Crippen LogP contribution < -0.4 is 0 Å². The summed E-state index contributed by atoms with van der Waals surface area (Å²) in [4.78, 5) is 4.43. The number of rotatable bonds is 7. The number of nitrogens with zero attached hydrogens (tertiary/aromatic N) is 2. The van der Waals surface area contributed by atoms with Gasteiger partial charge in [0.2, 0.25) is 0 Å². The van der Waals surface area contributed by atoms with E-state index < -0.39 is 0 Å². The number of aliphatic hydroxyl groups is 1. The van der Waals surface area contributed by atoms with E-state index in [4.69, 9.17) is 0 Å². The number of aliphatic hydroxyl groups excluding tert-OH is 1. The lowest BCUT2D eigenvalue weighted by atomic mass is 10.2. The fourth-order valence-corrected chi connectivity index (χ4v) is 1.31. The van der Waals surface area contributed by atoms with Crippen LogP contribution in [0.1, 0.15) is 26.7 Å². The van der Waals surface area contributed by atoms with Gasteiger partial charge >= 0.3 is 0 Å². The molecule has 0 aliphatic rings. The Bertz CT molecular complexity index is 139. The maximum Gasteiger partial charge on any atom is 0.0664 e. The number of hydrogen-bond acceptors (Lipinski definition) is 3. The van der Waals surface area contributed by atoms with Crippen LogP contribution in [-0.2, 0) is 0 Å². The van der Waals surface area contributed by atoms with Crippen molar-refractivity contribution in [2.45, 2.75) is 38.8 Å². The third-order valence-electron chi connectivity index (χ3n) is 2.72. The van der Waals surface area contributed by atoms with E-state index in [0.717, 1.165) is 25.9 Å². The van der Waals surface area contributed by atoms with E-state index in [1.807, 2.05) is 6.92 Å². The Morgan fingerprint density at radius 2 is 1.79 bits per heavy atom. The van der Waals surface area contributed by atoms with Crippen LogP contribution in [0.3, 0.4) is 0 Å². The van der Waals surface area contributed by atoms with Crippen LogP contribution in [-0.4, -0.2) is 61.3 Å². The average molecular weight is 202 g/mol. The molecule has 0 aromatic heterocycles. The predicted molar refractivity (Wildman–Crippen MR) is 61.6 cm³/mol. The lowest BCUT2D eigenvalue weighted by molar-refractivity contribution is 0.100. The van der Waals surface area contributed by atoms with E-state index in [1.165, 1.54) is 0 Å². The molecule has 0 spiro atoms. The van der Waals surface area contributed by atoms with Gasteiger partial charge in [-0.05, 0) is 47.5 Å². The fraction of sp³-hybridized carbons (Fsp3) is 1.00.